The lowest BCUT2D eigenvalue weighted by molar-refractivity contribution is -0.153. The lowest BCUT2D eigenvalue weighted by atomic mass is 9.96. The summed E-state index contributed by atoms with van der Waals surface area (Å²) in [5.74, 6) is 0.506. The molecule has 2 aromatic rings. The summed E-state index contributed by atoms with van der Waals surface area (Å²) in [7, 11) is 0. The molecule has 3 heterocycles. The van der Waals surface area contributed by atoms with Crippen LogP contribution in [0.5, 0.6) is 5.75 Å². The fourth-order valence-corrected chi connectivity index (χ4v) is 4.52. The van der Waals surface area contributed by atoms with Gasteiger partial charge in [-0.05, 0) is 62.9 Å². The largest absolute Gasteiger partial charge is 0.490 e. The van der Waals surface area contributed by atoms with E-state index in [1.807, 2.05) is 24.8 Å². The number of carbonyl (C=O) groups is 2. The Bertz CT molecular complexity index is 1000. The summed E-state index contributed by atoms with van der Waals surface area (Å²) in [6, 6.07) is 7.18. The Kier molecular flexibility index (Phi) is 7.24. The number of hydrogen-bond acceptors (Lipinski definition) is 5. The minimum Gasteiger partial charge on any atom is -0.490 e. The summed E-state index contributed by atoms with van der Waals surface area (Å²) in [5, 5.41) is 7.59. The highest BCUT2D eigenvalue weighted by Crippen LogP contribution is 2.28. The van der Waals surface area contributed by atoms with Gasteiger partial charge < -0.3 is 19.3 Å². The van der Waals surface area contributed by atoms with Gasteiger partial charge in [-0.25, -0.2) is 0 Å². The van der Waals surface area contributed by atoms with Crippen LogP contribution in [-0.2, 0) is 9.53 Å². The number of rotatable bonds is 6. The predicted octanol–water partition coefficient (Wildman–Crippen LogP) is 3.37. The maximum absolute atomic E-state index is 13.2. The zero-order chi connectivity index (χ0) is 23.4. The molecule has 1 aromatic carbocycles. The lowest BCUT2D eigenvalue weighted by Crippen LogP contribution is -2.58. The maximum atomic E-state index is 13.2. The van der Waals surface area contributed by atoms with Crippen molar-refractivity contribution in [2.45, 2.75) is 45.1 Å². The van der Waals surface area contributed by atoms with E-state index in [0.717, 1.165) is 43.6 Å². The summed E-state index contributed by atoms with van der Waals surface area (Å²) >= 11 is 6.14. The molecule has 0 radical (unpaired) electrons. The van der Waals surface area contributed by atoms with Crippen molar-refractivity contribution in [3.05, 3.63) is 46.2 Å². The van der Waals surface area contributed by atoms with E-state index in [1.165, 1.54) is 0 Å². The molecule has 1 aromatic heterocycles. The molecular formula is C24H31ClN4O4. The van der Waals surface area contributed by atoms with Crippen LogP contribution < -0.4 is 4.74 Å². The maximum Gasteiger partial charge on any atom is 0.274 e. The van der Waals surface area contributed by atoms with Gasteiger partial charge in [-0.2, -0.15) is 5.10 Å². The van der Waals surface area contributed by atoms with Crippen LogP contribution in [0.25, 0.3) is 0 Å². The number of piperidine rings is 1. The van der Waals surface area contributed by atoms with E-state index in [2.05, 4.69) is 10.2 Å². The van der Waals surface area contributed by atoms with Gasteiger partial charge >= 0.3 is 0 Å². The molecule has 2 aliphatic rings. The van der Waals surface area contributed by atoms with Crippen molar-refractivity contribution < 1.29 is 19.1 Å². The quantitative estimate of drug-likeness (QED) is 0.693. The van der Waals surface area contributed by atoms with Gasteiger partial charge in [-0.1, -0.05) is 11.6 Å². The fourth-order valence-electron chi connectivity index (χ4n) is 4.41. The number of H-pyrrole nitrogens is 1. The van der Waals surface area contributed by atoms with Crippen molar-refractivity contribution in [3.63, 3.8) is 0 Å². The first-order chi connectivity index (χ1) is 15.8. The second kappa shape index (κ2) is 10.1. The molecule has 2 amide bonds. The van der Waals surface area contributed by atoms with Crippen LogP contribution in [0.3, 0.4) is 0 Å². The average molecular weight is 475 g/mol. The lowest BCUT2D eigenvalue weighted by Gasteiger charge is -2.43. The number of morpholine rings is 1. The number of ether oxygens (including phenoxy) is 2. The van der Waals surface area contributed by atoms with E-state index in [-0.39, 0.29) is 31.4 Å². The minimum atomic E-state index is -0.943. The monoisotopic (exact) mass is 474 g/mol. The number of nitrogens with zero attached hydrogens (tertiary/aromatic N) is 3. The molecular weight excluding hydrogens is 444 g/mol. The third-order valence-electron chi connectivity index (χ3n) is 6.27. The standard InChI is InChI=1S/C24H31ClN4O4/c1-17-12-19(6-7-20(17)25)32-16-24(14-22(30)28-8-4-3-5-9-28)15-29(10-11-33-24)23(31)21-13-18(2)26-27-21/h6-7,12-13H,3-5,8-11,14-16H2,1-2H3,(H,26,27)/t24-/m0/s1. The first-order valence-electron chi connectivity index (χ1n) is 11.5. The molecule has 0 aliphatic carbocycles. The molecule has 0 saturated carbocycles. The van der Waals surface area contributed by atoms with Gasteiger partial charge in [-0.3, -0.25) is 14.7 Å². The molecule has 33 heavy (non-hydrogen) atoms. The van der Waals surface area contributed by atoms with E-state index in [9.17, 15) is 9.59 Å². The Morgan fingerprint density at radius 1 is 1.15 bits per heavy atom. The molecule has 2 saturated heterocycles. The molecule has 1 N–H and O–H groups in total. The Morgan fingerprint density at radius 3 is 2.64 bits per heavy atom. The average Bonchev–Trinajstić information content (AvgIpc) is 3.26. The number of carbonyl (C=O) groups excluding carboxylic acids is 2. The van der Waals surface area contributed by atoms with Crippen molar-refractivity contribution in [2.75, 3.05) is 39.4 Å². The van der Waals surface area contributed by atoms with Crippen molar-refractivity contribution in [3.8, 4) is 5.75 Å². The molecule has 178 valence electrons. The number of hydrogen-bond donors (Lipinski definition) is 1. The van der Waals surface area contributed by atoms with Crippen molar-refractivity contribution in [1.29, 1.82) is 0 Å². The minimum absolute atomic E-state index is 0.0375. The van der Waals surface area contributed by atoms with E-state index in [0.29, 0.717) is 29.6 Å². The summed E-state index contributed by atoms with van der Waals surface area (Å²) in [6.07, 6.45) is 3.34. The van der Waals surface area contributed by atoms with E-state index < -0.39 is 5.60 Å². The second-order valence-corrected chi connectivity index (χ2v) is 9.42. The van der Waals surface area contributed by atoms with Crippen LogP contribution in [0, 0.1) is 13.8 Å². The predicted molar refractivity (Wildman–Crippen MR) is 125 cm³/mol. The molecule has 0 unspecified atom stereocenters. The number of likely N-dealkylation sites (tertiary alicyclic amines) is 1. The van der Waals surface area contributed by atoms with Crippen molar-refractivity contribution in [1.82, 2.24) is 20.0 Å². The van der Waals surface area contributed by atoms with Crippen molar-refractivity contribution in [2.24, 2.45) is 0 Å². The number of aromatic nitrogens is 2. The Hall–Kier alpha value is -2.58. The SMILES string of the molecule is Cc1cc(C(=O)N2CCO[C@@](COc3ccc(Cl)c(C)c3)(CC(=O)N3CCCCC3)C2)n[nH]1. The van der Waals surface area contributed by atoms with E-state index in [4.69, 9.17) is 21.1 Å². The zero-order valence-electron chi connectivity index (χ0n) is 19.2. The van der Waals surface area contributed by atoms with Crippen molar-refractivity contribution >= 4 is 23.4 Å². The van der Waals surface area contributed by atoms with Gasteiger partial charge in [-0.15, -0.1) is 0 Å². The van der Waals surface area contributed by atoms with Crippen LogP contribution in [0.2, 0.25) is 5.02 Å². The van der Waals surface area contributed by atoms with Gasteiger partial charge in [0.15, 0.2) is 0 Å². The molecule has 2 aliphatic heterocycles. The van der Waals surface area contributed by atoms with Gasteiger partial charge in [0, 0.05) is 30.4 Å². The number of benzene rings is 1. The number of amides is 2. The molecule has 0 spiro atoms. The first-order valence-corrected chi connectivity index (χ1v) is 11.8. The molecule has 0 bridgehead atoms. The van der Waals surface area contributed by atoms with Gasteiger partial charge in [0.1, 0.15) is 23.7 Å². The van der Waals surface area contributed by atoms with E-state index >= 15 is 0 Å². The second-order valence-electron chi connectivity index (χ2n) is 9.01. The number of halogens is 1. The third-order valence-corrected chi connectivity index (χ3v) is 6.70. The fraction of sp³-hybridized carbons (Fsp3) is 0.542. The molecule has 2 fully saturated rings. The Labute approximate surface area is 199 Å². The summed E-state index contributed by atoms with van der Waals surface area (Å²) in [6.45, 7) is 6.46. The highest BCUT2D eigenvalue weighted by Gasteiger charge is 2.43. The van der Waals surface area contributed by atoms with Gasteiger partial charge in [0.2, 0.25) is 5.91 Å². The smallest absolute Gasteiger partial charge is 0.274 e. The third kappa shape index (κ3) is 5.68. The number of aromatic amines is 1. The summed E-state index contributed by atoms with van der Waals surface area (Å²) < 4.78 is 12.3. The van der Waals surface area contributed by atoms with Crippen LogP contribution >= 0.6 is 11.6 Å². The molecule has 4 rings (SSSR count). The molecule has 8 nitrogen and oxygen atoms in total. The van der Waals surface area contributed by atoms with Crippen LogP contribution in [-0.4, -0.2) is 76.8 Å². The van der Waals surface area contributed by atoms with Crippen LogP contribution in [0.4, 0.5) is 0 Å². The summed E-state index contributed by atoms with van der Waals surface area (Å²) in [5.41, 5.74) is 1.14. The Morgan fingerprint density at radius 2 is 1.94 bits per heavy atom. The normalized spacial score (nSPS) is 21.2. The number of aryl methyl sites for hydroxylation is 2. The first kappa shape index (κ1) is 23.6. The van der Waals surface area contributed by atoms with Gasteiger partial charge in [0.25, 0.3) is 5.91 Å². The molecule has 1 atom stereocenters. The van der Waals surface area contributed by atoms with Crippen LogP contribution in [0.15, 0.2) is 24.3 Å². The summed E-state index contributed by atoms with van der Waals surface area (Å²) in [4.78, 5) is 29.9. The van der Waals surface area contributed by atoms with Crippen LogP contribution in [0.1, 0.15) is 47.4 Å². The highest BCUT2D eigenvalue weighted by atomic mass is 35.5. The van der Waals surface area contributed by atoms with E-state index in [1.54, 1.807) is 23.1 Å². The Balaban J connectivity index is 1.53. The number of nitrogens with one attached hydrogen (secondary N) is 1. The highest BCUT2D eigenvalue weighted by molar-refractivity contribution is 6.31. The zero-order valence-corrected chi connectivity index (χ0v) is 20.0. The van der Waals surface area contributed by atoms with Gasteiger partial charge in [0.05, 0.1) is 19.6 Å². The topological polar surface area (TPSA) is 87.8 Å². The molecule has 9 heteroatoms.